The summed E-state index contributed by atoms with van der Waals surface area (Å²) in [7, 11) is 0. The summed E-state index contributed by atoms with van der Waals surface area (Å²) in [6, 6.07) is 3.95. The molecule has 0 amide bonds. The molecule has 0 radical (unpaired) electrons. The molecule has 5 heteroatoms. The van der Waals surface area contributed by atoms with Crippen molar-refractivity contribution in [1.82, 2.24) is 4.98 Å². The molecule has 0 atom stereocenters. The summed E-state index contributed by atoms with van der Waals surface area (Å²) in [5.74, 6) is 1.55. The lowest BCUT2D eigenvalue weighted by Gasteiger charge is -2.10. The van der Waals surface area contributed by atoms with Crippen LogP contribution < -0.4 is 14.8 Å². The third kappa shape index (κ3) is 2.67. The summed E-state index contributed by atoms with van der Waals surface area (Å²) in [5.41, 5.74) is 0.947. The van der Waals surface area contributed by atoms with Gasteiger partial charge in [-0.15, -0.1) is 0 Å². The van der Waals surface area contributed by atoms with Gasteiger partial charge in [-0.25, -0.2) is 4.98 Å². The average Bonchev–Trinajstić information content (AvgIpc) is 2.72. The number of ether oxygens (including phenoxy) is 2. The molecule has 1 aromatic carbocycles. The maximum absolute atomic E-state index is 5.60. The lowest BCUT2D eigenvalue weighted by molar-refractivity contribution is 0.288. The van der Waals surface area contributed by atoms with E-state index in [0.717, 1.165) is 33.4 Å². The number of fused-ring (bicyclic) bond motifs is 1. The van der Waals surface area contributed by atoms with E-state index in [-0.39, 0.29) is 0 Å². The van der Waals surface area contributed by atoms with Crippen molar-refractivity contribution < 1.29 is 9.47 Å². The molecule has 2 rings (SSSR count). The summed E-state index contributed by atoms with van der Waals surface area (Å²) < 4.78 is 12.3. The van der Waals surface area contributed by atoms with Crippen LogP contribution in [0.1, 0.15) is 20.8 Å². The van der Waals surface area contributed by atoms with Gasteiger partial charge in [-0.2, -0.15) is 0 Å². The molecule has 0 fully saturated rings. The van der Waals surface area contributed by atoms with Crippen LogP contribution in [0.2, 0.25) is 0 Å². The topological polar surface area (TPSA) is 43.4 Å². The summed E-state index contributed by atoms with van der Waals surface area (Å²) in [5, 5.41) is 4.16. The molecule has 0 spiro atoms. The Morgan fingerprint density at radius 2 is 1.78 bits per heavy atom. The van der Waals surface area contributed by atoms with Crippen LogP contribution in [0.25, 0.3) is 10.2 Å². The molecule has 0 aliphatic heterocycles. The Hall–Kier alpha value is -1.49. The molecule has 98 valence electrons. The van der Waals surface area contributed by atoms with Crippen molar-refractivity contribution in [2.45, 2.75) is 20.8 Å². The van der Waals surface area contributed by atoms with Crippen LogP contribution in [0, 0.1) is 0 Å². The molecule has 2 aromatic rings. The predicted octanol–water partition coefficient (Wildman–Crippen LogP) is 3.53. The number of rotatable bonds is 6. The zero-order chi connectivity index (χ0) is 13.0. The number of hydrogen-bond acceptors (Lipinski definition) is 5. The maximum Gasteiger partial charge on any atom is 0.183 e. The van der Waals surface area contributed by atoms with Crippen LogP contribution in [0.15, 0.2) is 12.1 Å². The molecule has 18 heavy (non-hydrogen) atoms. The first-order valence-corrected chi connectivity index (χ1v) is 7.04. The second kappa shape index (κ2) is 5.91. The van der Waals surface area contributed by atoms with Gasteiger partial charge in [-0.3, -0.25) is 0 Å². The third-order valence-corrected chi connectivity index (χ3v) is 3.36. The predicted molar refractivity (Wildman–Crippen MR) is 76.1 cm³/mol. The summed E-state index contributed by atoms with van der Waals surface area (Å²) in [6.07, 6.45) is 0. The molecule has 1 N–H and O–H groups in total. The minimum atomic E-state index is 0.621. The number of nitrogens with zero attached hydrogens (tertiary/aromatic N) is 1. The second-order valence-electron chi connectivity index (χ2n) is 3.68. The molecule has 1 heterocycles. The Labute approximate surface area is 111 Å². The fourth-order valence-corrected chi connectivity index (χ4v) is 2.64. The smallest absolute Gasteiger partial charge is 0.183 e. The van der Waals surface area contributed by atoms with E-state index < -0.39 is 0 Å². The monoisotopic (exact) mass is 266 g/mol. The van der Waals surface area contributed by atoms with Crippen molar-refractivity contribution >= 4 is 26.7 Å². The van der Waals surface area contributed by atoms with Gasteiger partial charge in [0.05, 0.1) is 23.4 Å². The van der Waals surface area contributed by atoms with Gasteiger partial charge in [-0.05, 0) is 20.8 Å². The number of aromatic nitrogens is 1. The lowest BCUT2D eigenvalue weighted by Crippen LogP contribution is -1.98. The Balaban J connectivity index is 2.43. The van der Waals surface area contributed by atoms with E-state index in [0.29, 0.717) is 13.2 Å². The van der Waals surface area contributed by atoms with E-state index >= 15 is 0 Å². The highest BCUT2D eigenvalue weighted by molar-refractivity contribution is 7.22. The maximum atomic E-state index is 5.60. The van der Waals surface area contributed by atoms with Crippen molar-refractivity contribution in [2.24, 2.45) is 0 Å². The number of thiazole rings is 1. The van der Waals surface area contributed by atoms with Crippen LogP contribution in [0.4, 0.5) is 5.13 Å². The van der Waals surface area contributed by atoms with Crippen LogP contribution in [0.3, 0.4) is 0 Å². The highest BCUT2D eigenvalue weighted by atomic mass is 32.1. The molecule has 0 saturated carbocycles. The Kier molecular flexibility index (Phi) is 4.25. The fraction of sp³-hybridized carbons (Fsp3) is 0.462. The Morgan fingerprint density at radius 3 is 2.39 bits per heavy atom. The van der Waals surface area contributed by atoms with E-state index in [1.54, 1.807) is 11.3 Å². The molecular weight excluding hydrogens is 248 g/mol. The SMILES string of the molecule is CCNc1nc2cc(OCC)c(OCC)cc2s1. The standard InChI is InChI=1S/C13H18N2O2S/c1-4-14-13-15-9-7-10(16-5-2)11(17-6-3)8-12(9)18-13/h7-8H,4-6H2,1-3H3,(H,14,15). The largest absolute Gasteiger partial charge is 0.490 e. The van der Waals surface area contributed by atoms with Crippen molar-refractivity contribution in [3.8, 4) is 11.5 Å². The molecule has 0 aliphatic rings. The number of benzene rings is 1. The van der Waals surface area contributed by atoms with Crippen LogP contribution in [-0.4, -0.2) is 24.7 Å². The Bertz CT molecular complexity index is 482. The minimum absolute atomic E-state index is 0.621. The molecule has 0 bridgehead atoms. The van der Waals surface area contributed by atoms with Gasteiger partial charge in [0.25, 0.3) is 0 Å². The van der Waals surface area contributed by atoms with E-state index in [9.17, 15) is 0 Å². The van der Waals surface area contributed by atoms with E-state index in [1.807, 2.05) is 26.0 Å². The van der Waals surface area contributed by atoms with Gasteiger partial charge in [0.2, 0.25) is 0 Å². The zero-order valence-electron chi connectivity index (χ0n) is 10.9. The van der Waals surface area contributed by atoms with E-state index in [2.05, 4.69) is 17.2 Å². The third-order valence-electron chi connectivity index (χ3n) is 2.38. The lowest BCUT2D eigenvalue weighted by atomic mass is 10.3. The van der Waals surface area contributed by atoms with Crippen LogP contribution in [0.5, 0.6) is 11.5 Å². The van der Waals surface area contributed by atoms with E-state index in [1.165, 1.54) is 0 Å². The van der Waals surface area contributed by atoms with E-state index in [4.69, 9.17) is 9.47 Å². The summed E-state index contributed by atoms with van der Waals surface area (Å²) >= 11 is 1.63. The Morgan fingerprint density at radius 1 is 1.11 bits per heavy atom. The van der Waals surface area contributed by atoms with Gasteiger partial charge in [-0.1, -0.05) is 11.3 Å². The van der Waals surface area contributed by atoms with Gasteiger partial charge >= 0.3 is 0 Å². The van der Waals surface area contributed by atoms with Gasteiger partial charge in [0.1, 0.15) is 0 Å². The molecule has 4 nitrogen and oxygen atoms in total. The molecule has 1 aromatic heterocycles. The summed E-state index contributed by atoms with van der Waals surface area (Å²) in [4.78, 5) is 4.52. The average molecular weight is 266 g/mol. The molecule has 0 saturated heterocycles. The number of hydrogen-bond donors (Lipinski definition) is 1. The summed E-state index contributed by atoms with van der Waals surface area (Å²) in [6.45, 7) is 8.11. The van der Waals surface area contributed by atoms with Crippen LogP contribution in [-0.2, 0) is 0 Å². The molecule has 0 aliphatic carbocycles. The number of anilines is 1. The normalized spacial score (nSPS) is 10.6. The van der Waals surface area contributed by atoms with Gasteiger partial charge in [0, 0.05) is 18.7 Å². The molecule has 0 unspecified atom stereocenters. The highest BCUT2D eigenvalue weighted by Gasteiger charge is 2.11. The van der Waals surface area contributed by atoms with Crippen molar-refractivity contribution in [3.63, 3.8) is 0 Å². The zero-order valence-corrected chi connectivity index (χ0v) is 11.8. The quantitative estimate of drug-likeness (QED) is 0.868. The number of nitrogens with one attached hydrogen (secondary N) is 1. The van der Waals surface area contributed by atoms with Gasteiger partial charge in [0.15, 0.2) is 16.6 Å². The minimum Gasteiger partial charge on any atom is -0.490 e. The second-order valence-corrected chi connectivity index (χ2v) is 4.71. The first-order chi connectivity index (χ1) is 8.78. The fourth-order valence-electron chi connectivity index (χ4n) is 1.70. The van der Waals surface area contributed by atoms with Gasteiger partial charge < -0.3 is 14.8 Å². The highest BCUT2D eigenvalue weighted by Crippen LogP contribution is 2.36. The van der Waals surface area contributed by atoms with Crippen molar-refractivity contribution in [3.05, 3.63) is 12.1 Å². The molecular formula is C13H18N2O2S. The first-order valence-electron chi connectivity index (χ1n) is 6.22. The van der Waals surface area contributed by atoms with Crippen molar-refractivity contribution in [2.75, 3.05) is 25.1 Å². The van der Waals surface area contributed by atoms with Crippen LogP contribution >= 0.6 is 11.3 Å². The first kappa shape index (κ1) is 13.0. The van der Waals surface area contributed by atoms with Crippen molar-refractivity contribution in [1.29, 1.82) is 0 Å².